The molecule has 0 aliphatic carbocycles. The number of alkyl halides is 3. The topological polar surface area (TPSA) is 58.9 Å². The van der Waals surface area contributed by atoms with Gasteiger partial charge in [-0.05, 0) is 43.9 Å². The Morgan fingerprint density at radius 3 is 2.68 bits per heavy atom. The summed E-state index contributed by atoms with van der Waals surface area (Å²) in [5.41, 5.74) is 3.48. The maximum Gasteiger partial charge on any atom is 0.389 e. The van der Waals surface area contributed by atoms with Crippen LogP contribution >= 0.6 is 0 Å². The van der Waals surface area contributed by atoms with Crippen LogP contribution in [0.3, 0.4) is 0 Å². The summed E-state index contributed by atoms with van der Waals surface area (Å²) in [6, 6.07) is 8.51. The second-order valence-corrected chi connectivity index (χ2v) is 8.24. The van der Waals surface area contributed by atoms with E-state index in [9.17, 15) is 18.0 Å². The number of hydrogen-bond donors (Lipinski definition) is 1. The summed E-state index contributed by atoms with van der Waals surface area (Å²) in [7, 11) is 1.61. The van der Waals surface area contributed by atoms with Gasteiger partial charge in [-0.1, -0.05) is 25.1 Å². The Labute approximate surface area is 197 Å². The van der Waals surface area contributed by atoms with E-state index in [0.717, 1.165) is 22.3 Å². The lowest BCUT2D eigenvalue weighted by atomic mass is 9.99. The molecule has 0 aliphatic heterocycles. The molecule has 6 nitrogen and oxygen atoms in total. The third-order valence-electron chi connectivity index (χ3n) is 6.06. The summed E-state index contributed by atoms with van der Waals surface area (Å²) in [6.45, 7) is 5.95. The predicted octanol–water partition coefficient (Wildman–Crippen LogP) is 6.22. The van der Waals surface area contributed by atoms with Crippen molar-refractivity contribution in [1.29, 1.82) is 0 Å². The zero-order valence-corrected chi connectivity index (χ0v) is 19.9. The molecule has 34 heavy (non-hydrogen) atoms. The van der Waals surface area contributed by atoms with Crippen molar-refractivity contribution in [3.63, 3.8) is 0 Å². The summed E-state index contributed by atoms with van der Waals surface area (Å²) in [6.07, 6.45) is 0.658. The number of pyridine rings is 1. The third-order valence-corrected chi connectivity index (χ3v) is 6.06. The Kier molecular flexibility index (Phi) is 8.06. The molecule has 0 saturated carbocycles. The monoisotopic (exact) mass is 476 g/mol. The van der Waals surface area contributed by atoms with Crippen molar-refractivity contribution in [3.05, 3.63) is 54.5 Å². The SMILES string of the molecule is CCC(CCC(F)(F)F)NC(=O)N(CC)[C@H](C)c1cccc(-c2cn3ccnc3cc2OC)c1. The lowest BCUT2D eigenvalue weighted by Crippen LogP contribution is -2.45. The van der Waals surface area contributed by atoms with E-state index in [-0.39, 0.29) is 18.5 Å². The molecule has 0 aliphatic rings. The van der Waals surface area contributed by atoms with Gasteiger partial charge < -0.3 is 19.4 Å². The lowest BCUT2D eigenvalue weighted by molar-refractivity contribution is -0.136. The van der Waals surface area contributed by atoms with E-state index >= 15 is 0 Å². The van der Waals surface area contributed by atoms with E-state index < -0.39 is 18.6 Å². The number of rotatable bonds is 9. The number of aromatic nitrogens is 2. The van der Waals surface area contributed by atoms with Gasteiger partial charge in [0, 0.05) is 49.2 Å². The Bertz CT molecular complexity index is 1110. The Hall–Kier alpha value is -3.23. The van der Waals surface area contributed by atoms with Gasteiger partial charge >= 0.3 is 12.2 Å². The molecule has 3 rings (SSSR count). The molecule has 2 atom stereocenters. The molecular weight excluding hydrogens is 445 g/mol. The normalized spacial score (nSPS) is 13.5. The second-order valence-electron chi connectivity index (χ2n) is 8.24. The molecule has 2 heterocycles. The molecule has 184 valence electrons. The molecule has 0 fully saturated rings. The molecule has 1 N–H and O–H groups in total. The van der Waals surface area contributed by atoms with Gasteiger partial charge in [-0.25, -0.2) is 9.78 Å². The van der Waals surface area contributed by atoms with Crippen molar-refractivity contribution >= 4 is 11.7 Å². The van der Waals surface area contributed by atoms with Gasteiger partial charge in [-0.2, -0.15) is 13.2 Å². The Morgan fingerprint density at radius 1 is 1.26 bits per heavy atom. The van der Waals surface area contributed by atoms with E-state index in [1.807, 2.05) is 61.0 Å². The van der Waals surface area contributed by atoms with Crippen LogP contribution in [0.5, 0.6) is 5.75 Å². The number of nitrogens with zero attached hydrogens (tertiary/aromatic N) is 3. The number of carbonyl (C=O) groups is 1. The fourth-order valence-electron chi connectivity index (χ4n) is 4.04. The Morgan fingerprint density at radius 2 is 2.03 bits per heavy atom. The maximum absolute atomic E-state index is 13.0. The zero-order valence-electron chi connectivity index (χ0n) is 19.9. The van der Waals surface area contributed by atoms with Crippen molar-refractivity contribution in [1.82, 2.24) is 19.6 Å². The quantitative estimate of drug-likeness (QED) is 0.399. The summed E-state index contributed by atoms with van der Waals surface area (Å²) in [5, 5.41) is 2.78. The highest BCUT2D eigenvalue weighted by atomic mass is 19.4. The van der Waals surface area contributed by atoms with Crippen LogP contribution in [0.2, 0.25) is 0 Å². The fraction of sp³-hybridized carbons (Fsp3) is 0.440. The fourth-order valence-corrected chi connectivity index (χ4v) is 4.04. The van der Waals surface area contributed by atoms with Crippen molar-refractivity contribution in [2.45, 2.75) is 58.3 Å². The summed E-state index contributed by atoms with van der Waals surface area (Å²) in [5.74, 6) is 0.684. The molecule has 2 aromatic heterocycles. The van der Waals surface area contributed by atoms with E-state index in [4.69, 9.17) is 4.74 Å². The molecule has 2 amide bonds. The smallest absolute Gasteiger partial charge is 0.389 e. The average Bonchev–Trinajstić information content (AvgIpc) is 3.28. The Balaban J connectivity index is 1.81. The number of halogens is 3. The lowest BCUT2D eigenvalue weighted by Gasteiger charge is -2.31. The number of imidazole rings is 1. The maximum atomic E-state index is 13.0. The van der Waals surface area contributed by atoms with E-state index in [1.165, 1.54) is 0 Å². The molecule has 3 aromatic rings. The number of hydrogen-bond acceptors (Lipinski definition) is 3. The molecular formula is C25H31F3N4O2. The largest absolute Gasteiger partial charge is 0.496 e. The van der Waals surface area contributed by atoms with Crippen molar-refractivity contribution in [2.75, 3.05) is 13.7 Å². The highest BCUT2D eigenvalue weighted by molar-refractivity contribution is 5.76. The van der Waals surface area contributed by atoms with Gasteiger partial charge in [0.05, 0.1) is 13.2 Å². The minimum Gasteiger partial charge on any atom is -0.496 e. The minimum absolute atomic E-state index is 0.135. The first kappa shape index (κ1) is 25.4. The van der Waals surface area contributed by atoms with Gasteiger partial charge in [0.2, 0.25) is 0 Å². The first-order chi connectivity index (χ1) is 16.2. The van der Waals surface area contributed by atoms with Gasteiger partial charge in [0.15, 0.2) is 0 Å². The first-order valence-electron chi connectivity index (χ1n) is 11.4. The molecule has 1 aromatic carbocycles. The van der Waals surface area contributed by atoms with Crippen LogP contribution in [0.4, 0.5) is 18.0 Å². The number of carbonyl (C=O) groups excluding carboxylic acids is 1. The predicted molar refractivity (Wildman–Crippen MR) is 126 cm³/mol. The molecule has 0 bridgehead atoms. The molecule has 0 spiro atoms. The van der Waals surface area contributed by atoms with Gasteiger partial charge in [-0.3, -0.25) is 0 Å². The number of methoxy groups -OCH3 is 1. The number of ether oxygens (including phenoxy) is 1. The standard InChI is InChI=1S/C25H31F3N4O2/c1-5-20(10-11-25(26,27)28)30-24(33)32(6-2)17(3)18-8-7-9-19(14-18)21-16-31-13-12-29-23(31)15-22(21)34-4/h7-9,12-17,20H,5-6,10-11H2,1-4H3,(H,30,33)/t17-,20?/m1/s1. The summed E-state index contributed by atoms with van der Waals surface area (Å²) >= 11 is 0. The highest BCUT2D eigenvalue weighted by Gasteiger charge is 2.29. The number of nitrogens with one attached hydrogen (secondary N) is 1. The van der Waals surface area contributed by atoms with E-state index in [2.05, 4.69) is 10.3 Å². The van der Waals surface area contributed by atoms with Crippen LogP contribution in [0.15, 0.2) is 48.9 Å². The second kappa shape index (κ2) is 10.8. The van der Waals surface area contributed by atoms with Crippen LogP contribution in [0.1, 0.15) is 51.6 Å². The molecule has 9 heteroatoms. The minimum atomic E-state index is -4.24. The van der Waals surface area contributed by atoms with Gasteiger partial charge in [0.1, 0.15) is 11.4 Å². The summed E-state index contributed by atoms with van der Waals surface area (Å²) in [4.78, 5) is 18.9. The molecule has 0 saturated heterocycles. The number of amides is 2. The van der Waals surface area contributed by atoms with Crippen LogP contribution in [-0.2, 0) is 0 Å². The van der Waals surface area contributed by atoms with E-state index in [0.29, 0.717) is 18.7 Å². The number of fused-ring (bicyclic) bond motifs is 1. The number of urea groups is 1. The average molecular weight is 477 g/mol. The number of benzene rings is 1. The van der Waals surface area contributed by atoms with Crippen LogP contribution in [-0.4, -0.2) is 46.2 Å². The van der Waals surface area contributed by atoms with E-state index in [1.54, 1.807) is 25.1 Å². The van der Waals surface area contributed by atoms with Crippen molar-refractivity contribution in [2.24, 2.45) is 0 Å². The van der Waals surface area contributed by atoms with Crippen LogP contribution < -0.4 is 10.1 Å². The first-order valence-corrected chi connectivity index (χ1v) is 11.4. The highest BCUT2D eigenvalue weighted by Crippen LogP contribution is 2.33. The van der Waals surface area contributed by atoms with Crippen molar-refractivity contribution in [3.8, 4) is 16.9 Å². The zero-order chi connectivity index (χ0) is 24.9. The third kappa shape index (κ3) is 6.01. The van der Waals surface area contributed by atoms with Crippen LogP contribution in [0.25, 0.3) is 16.8 Å². The van der Waals surface area contributed by atoms with Gasteiger partial charge in [0.25, 0.3) is 0 Å². The molecule has 0 radical (unpaired) electrons. The summed E-state index contributed by atoms with van der Waals surface area (Å²) < 4.78 is 45.4. The van der Waals surface area contributed by atoms with Crippen molar-refractivity contribution < 1.29 is 22.7 Å². The van der Waals surface area contributed by atoms with Gasteiger partial charge in [-0.15, -0.1) is 0 Å². The van der Waals surface area contributed by atoms with Crippen LogP contribution in [0, 0.1) is 0 Å². The molecule has 1 unspecified atom stereocenters.